The quantitative estimate of drug-likeness (QED) is 0.376. The molecule has 0 saturated carbocycles. The number of ketones is 1. The van der Waals surface area contributed by atoms with E-state index < -0.39 is 35.7 Å². The van der Waals surface area contributed by atoms with Crippen LogP contribution in [0.15, 0.2) is 56.6 Å². The lowest BCUT2D eigenvalue weighted by Crippen LogP contribution is -2.32. The maximum absolute atomic E-state index is 12.7. The van der Waals surface area contributed by atoms with Gasteiger partial charge in [0, 0.05) is 5.69 Å². The number of carbonyl (C=O) groups is 5. The van der Waals surface area contributed by atoms with E-state index in [2.05, 4.69) is 35.0 Å². The largest absolute Gasteiger partial charge is 0.465 e. The second-order valence-corrected chi connectivity index (χ2v) is 6.64. The summed E-state index contributed by atoms with van der Waals surface area (Å²) >= 11 is 0. The summed E-state index contributed by atoms with van der Waals surface area (Å²) in [5.74, 6) is -2.88. The number of esters is 2. The van der Waals surface area contributed by atoms with Gasteiger partial charge in [0.15, 0.2) is 5.78 Å². The van der Waals surface area contributed by atoms with Crippen molar-refractivity contribution in [3.05, 3.63) is 58.2 Å². The maximum atomic E-state index is 12.7. The number of benzene rings is 2. The van der Waals surface area contributed by atoms with Crippen molar-refractivity contribution < 1.29 is 33.4 Å². The van der Waals surface area contributed by atoms with E-state index in [1.54, 1.807) is 0 Å². The Hall–Kier alpha value is -4.61. The van der Waals surface area contributed by atoms with Gasteiger partial charge in [-0.3, -0.25) is 9.59 Å². The predicted molar refractivity (Wildman–Crippen MR) is 111 cm³/mol. The van der Waals surface area contributed by atoms with E-state index in [1.165, 1.54) is 43.5 Å². The highest BCUT2D eigenvalue weighted by molar-refractivity contribution is 6.10. The summed E-state index contributed by atoms with van der Waals surface area (Å²) in [5, 5.41) is 10.8. The van der Waals surface area contributed by atoms with Crippen molar-refractivity contribution in [3.63, 3.8) is 0 Å². The zero-order chi connectivity index (χ0) is 24.1. The van der Waals surface area contributed by atoms with Gasteiger partial charge >= 0.3 is 18.0 Å². The number of urea groups is 1. The van der Waals surface area contributed by atoms with Crippen LogP contribution in [0.25, 0.3) is 0 Å². The van der Waals surface area contributed by atoms with Crippen LogP contribution in [-0.2, 0) is 19.1 Å². The summed E-state index contributed by atoms with van der Waals surface area (Å²) in [6.07, 6.45) is 0. The van der Waals surface area contributed by atoms with E-state index in [0.29, 0.717) is 5.36 Å². The Morgan fingerprint density at radius 1 is 0.939 bits per heavy atom. The summed E-state index contributed by atoms with van der Waals surface area (Å²) in [5.41, 5.74) is 0.201. The van der Waals surface area contributed by atoms with Crippen LogP contribution >= 0.6 is 0 Å². The molecule has 168 valence electrons. The lowest BCUT2D eigenvalue weighted by molar-refractivity contribution is -0.126. The Morgan fingerprint density at radius 3 is 2.30 bits per heavy atom. The normalized spacial score (nSPS) is 12.9. The summed E-state index contributed by atoms with van der Waals surface area (Å²) in [7, 11) is 2.34. The van der Waals surface area contributed by atoms with Gasteiger partial charge in [0.25, 0.3) is 5.91 Å². The number of nitrogens with one attached hydrogen (secondary N) is 1. The van der Waals surface area contributed by atoms with E-state index >= 15 is 0 Å². The van der Waals surface area contributed by atoms with Crippen LogP contribution in [0.1, 0.15) is 27.6 Å². The first kappa shape index (κ1) is 23.1. The Balaban J connectivity index is 1.90. The Bertz CT molecular complexity index is 1330. The Labute approximate surface area is 186 Å². The first-order valence-corrected chi connectivity index (χ1v) is 9.38. The number of hydrogen-bond donors (Lipinski definition) is 1. The third-order valence-electron chi connectivity index (χ3n) is 4.41. The summed E-state index contributed by atoms with van der Waals surface area (Å²) in [6, 6.07) is 6.03. The van der Waals surface area contributed by atoms with Crippen molar-refractivity contribution >= 4 is 41.0 Å². The van der Waals surface area contributed by atoms with Gasteiger partial charge in [0.1, 0.15) is 5.69 Å². The number of nitrogens with zero attached hydrogens (tertiary/aromatic N) is 4. The fourth-order valence-corrected chi connectivity index (χ4v) is 2.81. The molecule has 0 saturated heterocycles. The smallest absolute Gasteiger partial charge is 0.368 e. The van der Waals surface area contributed by atoms with E-state index in [1.807, 2.05) is 0 Å². The van der Waals surface area contributed by atoms with Crippen LogP contribution in [0.4, 0.5) is 16.2 Å². The molecule has 0 aromatic heterocycles. The number of rotatable bonds is 7. The Morgan fingerprint density at radius 2 is 1.64 bits per heavy atom. The standard InChI is InChI=1S/C21H17N5O7/c1-10(27)17(18(28)22-12-5-7-14-16(9-12)24-21(31)23-14)26-25-15-8-11(19(29)32-2)4-6-13(15)20(30)33-3/h4-9,17H,1-3H3,(H,22,28). The average molecular weight is 451 g/mol. The van der Waals surface area contributed by atoms with Crippen molar-refractivity contribution in [3.8, 4) is 0 Å². The van der Waals surface area contributed by atoms with E-state index in [-0.39, 0.29) is 27.9 Å². The minimum absolute atomic E-state index is 0.0368. The summed E-state index contributed by atoms with van der Waals surface area (Å²) in [6.45, 7) is 1.14. The molecule has 1 aliphatic heterocycles. The van der Waals surface area contributed by atoms with Gasteiger partial charge in [0.2, 0.25) is 6.04 Å². The number of hydrogen-bond acceptors (Lipinski definition) is 9. The zero-order valence-corrected chi connectivity index (χ0v) is 17.7. The molecule has 12 nitrogen and oxygen atoms in total. The molecule has 1 unspecified atom stereocenters. The maximum Gasteiger partial charge on any atom is 0.368 e. The molecule has 0 spiro atoms. The molecule has 1 aliphatic rings. The van der Waals surface area contributed by atoms with Gasteiger partial charge in [-0.15, -0.1) is 0 Å². The molecule has 12 heteroatoms. The van der Waals surface area contributed by atoms with E-state index in [0.717, 1.165) is 14.0 Å². The number of methoxy groups -OCH3 is 2. The molecule has 2 aromatic rings. The molecule has 3 rings (SSSR count). The van der Waals surface area contributed by atoms with Crippen LogP contribution in [0, 0.1) is 0 Å². The van der Waals surface area contributed by atoms with Crippen molar-refractivity contribution in [2.24, 2.45) is 20.2 Å². The number of anilines is 1. The molecule has 0 aliphatic carbocycles. The number of amides is 3. The van der Waals surface area contributed by atoms with Crippen molar-refractivity contribution in [1.29, 1.82) is 0 Å². The highest BCUT2D eigenvalue weighted by Crippen LogP contribution is 2.24. The second kappa shape index (κ2) is 9.68. The highest BCUT2D eigenvalue weighted by atomic mass is 16.5. The molecular weight excluding hydrogens is 434 g/mol. The van der Waals surface area contributed by atoms with Gasteiger partial charge in [-0.1, -0.05) is 0 Å². The van der Waals surface area contributed by atoms with Gasteiger partial charge in [-0.05, 0) is 43.3 Å². The minimum atomic E-state index is -1.56. The van der Waals surface area contributed by atoms with Gasteiger partial charge in [-0.2, -0.15) is 20.2 Å². The number of ether oxygens (including phenoxy) is 2. The second-order valence-electron chi connectivity index (χ2n) is 6.64. The van der Waals surface area contributed by atoms with Crippen LogP contribution in [0.3, 0.4) is 0 Å². The zero-order valence-electron chi connectivity index (χ0n) is 17.7. The van der Waals surface area contributed by atoms with E-state index in [4.69, 9.17) is 0 Å². The third kappa shape index (κ3) is 5.18. The van der Waals surface area contributed by atoms with Gasteiger partial charge in [-0.25, -0.2) is 14.4 Å². The average Bonchev–Trinajstić information content (AvgIpc) is 3.17. The van der Waals surface area contributed by atoms with Crippen LogP contribution in [0.5, 0.6) is 0 Å². The highest BCUT2D eigenvalue weighted by Gasteiger charge is 2.24. The predicted octanol–water partition coefficient (Wildman–Crippen LogP) is 1.31. The van der Waals surface area contributed by atoms with E-state index in [9.17, 15) is 24.0 Å². The lowest BCUT2D eigenvalue weighted by Gasteiger charge is -2.10. The van der Waals surface area contributed by atoms with Crippen molar-refractivity contribution in [1.82, 2.24) is 0 Å². The first-order valence-electron chi connectivity index (χ1n) is 9.38. The molecule has 1 atom stereocenters. The van der Waals surface area contributed by atoms with Crippen LogP contribution in [-0.4, -0.2) is 49.9 Å². The molecule has 0 fully saturated rings. The van der Waals surface area contributed by atoms with Gasteiger partial charge in [0.05, 0.1) is 36.1 Å². The third-order valence-corrected chi connectivity index (χ3v) is 4.41. The van der Waals surface area contributed by atoms with Crippen molar-refractivity contribution in [2.75, 3.05) is 19.5 Å². The molecule has 3 amide bonds. The topological polar surface area (TPSA) is 165 Å². The number of Topliss-reactive ketones (excluding diaryl/α,β-unsaturated/α-hetero) is 1. The molecule has 1 N–H and O–H groups in total. The number of fused-ring (bicyclic) bond motifs is 1. The monoisotopic (exact) mass is 451 g/mol. The molecule has 2 aromatic carbocycles. The Kier molecular flexibility index (Phi) is 6.77. The lowest BCUT2D eigenvalue weighted by atomic mass is 10.1. The SMILES string of the molecule is COC(=O)c1ccc(C(=O)OC)c(N=NC(C(C)=O)C(=O)Nc2ccc3c(c2)=NC(=O)N=3)c1. The molecule has 1 heterocycles. The van der Waals surface area contributed by atoms with Crippen LogP contribution in [0.2, 0.25) is 0 Å². The molecular formula is C21H17N5O7. The summed E-state index contributed by atoms with van der Waals surface area (Å²) in [4.78, 5) is 67.2. The minimum Gasteiger partial charge on any atom is -0.465 e. The fourth-order valence-electron chi connectivity index (χ4n) is 2.81. The van der Waals surface area contributed by atoms with Gasteiger partial charge < -0.3 is 14.8 Å². The summed E-state index contributed by atoms with van der Waals surface area (Å²) < 4.78 is 9.33. The van der Waals surface area contributed by atoms with Crippen molar-refractivity contribution in [2.45, 2.75) is 13.0 Å². The molecule has 33 heavy (non-hydrogen) atoms. The first-order chi connectivity index (χ1) is 15.7. The molecule has 0 bridgehead atoms. The number of carbonyl (C=O) groups excluding carboxylic acids is 5. The number of azo groups is 1. The fraction of sp³-hybridized carbons (Fsp3) is 0.190. The van der Waals surface area contributed by atoms with Crippen LogP contribution < -0.4 is 16.0 Å². The molecule has 0 radical (unpaired) electrons.